The van der Waals surface area contributed by atoms with Gasteiger partial charge in [0.25, 0.3) is 0 Å². The van der Waals surface area contributed by atoms with Crippen LogP contribution in [0.2, 0.25) is 0 Å². The maximum absolute atomic E-state index is 5.80. The van der Waals surface area contributed by atoms with Crippen molar-refractivity contribution < 1.29 is 14.5 Å². The second kappa shape index (κ2) is 7.63. The van der Waals surface area contributed by atoms with Gasteiger partial charge in [0.2, 0.25) is 5.88 Å². The third kappa shape index (κ3) is 4.00. The van der Waals surface area contributed by atoms with E-state index >= 15 is 0 Å². The molecule has 116 valence electrons. The highest BCUT2D eigenvalue weighted by molar-refractivity contribution is 7.98. The Morgan fingerprint density at radius 2 is 2.05 bits per heavy atom. The molecule has 1 unspecified atom stereocenters. The van der Waals surface area contributed by atoms with Crippen molar-refractivity contribution in [2.45, 2.75) is 11.3 Å². The zero-order valence-corrected chi connectivity index (χ0v) is 13.3. The van der Waals surface area contributed by atoms with Crippen LogP contribution in [0.25, 0.3) is 11.3 Å². The van der Waals surface area contributed by atoms with Crippen LogP contribution in [0.4, 0.5) is 0 Å². The number of pyridine rings is 1. The van der Waals surface area contributed by atoms with E-state index < -0.39 is 0 Å². The zero-order valence-electron chi connectivity index (χ0n) is 12.5. The smallest absolute Gasteiger partial charge is 0.213 e. The Balaban J connectivity index is 1.66. The Hall–Kier alpha value is -1.56. The first kappa shape index (κ1) is 15.3. The van der Waals surface area contributed by atoms with Gasteiger partial charge in [0, 0.05) is 22.4 Å². The van der Waals surface area contributed by atoms with Crippen molar-refractivity contribution >= 4 is 11.8 Å². The fourth-order valence-electron chi connectivity index (χ4n) is 2.25. The van der Waals surface area contributed by atoms with Crippen LogP contribution in [0.15, 0.2) is 47.4 Å². The van der Waals surface area contributed by atoms with E-state index in [0.29, 0.717) is 31.6 Å². The maximum Gasteiger partial charge on any atom is 0.213 e. The molecule has 0 aliphatic carbocycles. The lowest BCUT2D eigenvalue weighted by molar-refractivity contribution is -0.325. The monoisotopic (exact) mass is 317 g/mol. The van der Waals surface area contributed by atoms with Gasteiger partial charge in [0.1, 0.15) is 0 Å². The van der Waals surface area contributed by atoms with Crippen molar-refractivity contribution in [3.8, 4) is 17.1 Å². The van der Waals surface area contributed by atoms with Crippen molar-refractivity contribution in [2.24, 2.45) is 5.92 Å². The number of hydrogen-bond donors (Lipinski definition) is 0. The lowest BCUT2D eigenvalue weighted by atomic mass is 10.1. The van der Waals surface area contributed by atoms with Gasteiger partial charge in [-0.25, -0.2) is 14.8 Å². The lowest BCUT2D eigenvalue weighted by Gasteiger charge is -2.20. The van der Waals surface area contributed by atoms with Crippen LogP contribution in [0.1, 0.15) is 6.42 Å². The molecule has 22 heavy (non-hydrogen) atoms. The molecule has 2 aromatic rings. The molecule has 0 spiro atoms. The van der Waals surface area contributed by atoms with Crippen molar-refractivity contribution in [3.63, 3.8) is 0 Å². The van der Waals surface area contributed by atoms with Crippen LogP contribution >= 0.6 is 11.8 Å². The van der Waals surface area contributed by atoms with E-state index in [2.05, 4.69) is 35.5 Å². The minimum Gasteiger partial charge on any atom is -0.477 e. The van der Waals surface area contributed by atoms with Crippen molar-refractivity contribution in [1.82, 2.24) is 4.98 Å². The maximum atomic E-state index is 5.80. The molecule has 1 aromatic heterocycles. The molecule has 2 heterocycles. The number of aromatic nitrogens is 1. The van der Waals surface area contributed by atoms with E-state index in [4.69, 9.17) is 14.5 Å². The average Bonchev–Trinajstić information content (AvgIpc) is 2.61. The van der Waals surface area contributed by atoms with Crippen molar-refractivity contribution in [1.29, 1.82) is 0 Å². The Bertz CT molecular complexity index is 597. The molecule has 1 aromatic carbocycles. The number of thioether (sulfide) groups is 1. The predicted molar refractivity (Wildman–Crippen MR) is 87.0 cm³/mol. The summed E-state index contributed by atoms with van der Waals surface area (Å²) in [5, 5.41) is 0. The number of benzene rings is 1. The third-order valence-corrected chi connectivity index (χ3v) is 4.32. The molecule has 0 saturated carbocycles. The molecule has 0 radical (unpaired) electrons. The molecule has 0 amide bonds. The molecular formula is C17H19NO3S. The van der Waals surface area contributed by atoms with E-state index in [1.54, 1.807) is 11.8 Å². The molecule has 4 nitrogen and oxygen atoms in total. The Kier molecular flexibility index (Phi) is 5.32. The highest BCUT2D eigenvalue weighted by Crippen LogP contribution is 2.23. The largest absolute Gasteiger partial charge is 0.477 e. The Morgan fingerprint density at radius 1 is 1.18 bits per heavy atom. The molecule has 0 N–H and O–H groups in total. The first-order chi connectivity index (χ1) is 10.8. The van der Waals surface area contributed by atoms with E-state index in [0.717, 1.165) is 17.7 Å². The number of ether oxygens (including phenoxy) is 1. The molecular weight excluding hydrogens is 298 g/mol. The molecule has 1 saturated heterocycles. The first-order valence-electron chi connectivity index (χ1n) is 7.34. The van der Waals surface area contributed by atoms with Gasteiger partial charge in [0.05, 0.1) is 25.5 Å². The minimum absolute atomic E-state index is 0.361. The topological polar surface area (TPSA) is 40.6 Å². The van der Waals surface area contributed by atoms with E-state index in [1.165, 1.54) is 4.90 Å². The average molecular weight is 317 g/mol. The first-order valence-corrected chi connectivity index (χ1v) is 8.56. The second-order valence-corrected chi connectivity index (χ2v) is 6.04. The van der Waals surface area contributed by atoms with Crippen LogP contribution in [0, 0.1) is 5.92 Å². The SMILES string of the molecule is CSc1ccc(-c2cccc(OCC3CCOOC3)n2)cc1. The molecule has 0 bridgehead atoms. The molecule has 1 atom stereocenters. The van der Waals surface area contributed by atoms with Crippen LogP contribution in [0.3, 0.4) is 0 Å². The van der Waals surface area contributed by atoms with Crippen molar-refractivity contribution in [3.05, 3.63) is 42.5 Å². The van der Waals surface area contributed by atoms with Gasteiger partial charge in [0.15, 0.2) is 0 Å². The van der Waals surface area contributed by atoms with Gasteiger partial charge < -0.3 is 4.74 Å². The summed E-state index contributed by atoms with van der Waals surface area (Å²) < 4.78 is 5.80. The fourth-order valence-corrected chi connectivity index (χ4v) is 2.66. The highest BCUT2D eigenvalue weighted by Gasteiger charge is 2.16. The summed E-state index contributed by atoms with van der Waals surface area (Å²) in [7, 11) is 0. The number of nitrogens with zero attached hydrogens (tertiary/aromatic N) is 1. The van der Waals surface area contributed by atoms with Gasteiger partial charge in [-0.2, -0.15) is 0 Å². The number of hydrogen-bond acceptors (Lipinski definition) is 5. The minimum atomic E-state index is 0.361. The zero-order chi connectivity index (χ0) is 15.2. The Morgan fingerprint density at radius 3 is 2.77 bits per heavy atom. The molecule has 1 aliphatic heterocycles. The van der Waals surface area contributed by atoms with Gasteiger partial charge >= 0.3 is 0 Å². The van der Waals surface area contributed by atoms with E-state index in [1.807, 2.05) is 18.2 Å². The molecule has 1 aliphatic rings. The normalized spacial score (nSPS) is 18.1. The van der Waals surface area contributed by atoms with Crippen LogP contribution in [-0.2, 0) is 9.78 Å². The Labute approximate surface area is 134 Å². The summed E-state index contributed by atoms with van der Waals surface area (Å²) in [5.41, 5.74) is 2.02. The van der Waals surface area contributed by atoms with E-state index in [9.17, 15) is 0 Å². The summed E-state index contributed by atoms with van der Waals surface area (Å²) in [4.78, 5) is 15.7. The van der Waals surface area contributed by atoms with Gasteiger partial charge in [-0.15, -0.1) is 11.8 Å². The van der Waals surface area contributed by atoms with Gasteiger partial charge in [-0.3, -0.25) is 0 Å². The van der Waals surface area contributed by atoms with Gasteiger partial charge in [-0.05, 0) is 30.9 Å². The van der Waals surface area contributed by atoms with Crippen LogP contribution in [-0.4, -0.2) is 31.1 Å². The molecule has 3 rings (SSSR count). The summed E-state index contributed by atoms with van der Waals surface area (Å²) >= 11 is 1.73. The third-order valence-electron chi connectivity index (χ3n) is 3.57. The summed E-state index contributed by atoms with van der Waals surface area (Å²) in [6.45, 7) is 1.81. The number of rotatable bonds is 5. The summed E-state index contributed by atoms with van der Waals surface area (Å²) in [6, 6.07) is 14.2. The summed E-state index contributed by atoms with van der Waals surface area (Å²) in [5.74, 6) is 1.01. The standard InChI is InChI=1S/C17H19NO3S/c1-22-15-7-5-14(6-8-15)16-3-2-4-17(18-16)19-11-13-9-10-20-21-12-13/h2-8,13H,9-12H2,1H3. The van der Waals surface area contributed by atoms with Gasteiger partial charge in [-0.1, -0.05) is 18.2 Å². The fraction of sp³-hybridized carbons (Fsp3) is 0.353. The summed E-state index contributed by atoms with van der Waals surface area (Å²) in [6.07, 6.45) is 3.03. The van der Waals surface area contributed by atoms with Crippen LogP contribution in [0.5, 0.6) is 5.88 Å². The van der Waals surface area contributed by atoms with Crippen molar-refractivity contribution in [2.75, 3.05) is 26.1 Å². The van der Waals surface area contributed by atoms with Crippen LogP contribution < -0.4 is 4.74 Å². The quantitative estimate of drug-likeness (QED) is 0.619. The lowest BCUT2D eigenvalue weighted by Crippen LogP contribution is -2.24. The van der Waals surface area contributed by atoms with E-state index in [-0.39, 0.29) is 0 Å². The second-order valence-electron chi connectivity index (χ2n) is 5.16. The molecule has 1 fully saturated rings. The predicted octanol–water partition coefficient (Wildman–Crippen LogP) is 3.82. The molecule has 5 heteroatoms. The highest BCUT2D eigenvalue weighted by atomic mass is 32.2.